The normalized spacial score (nSPS) is 13.2. The fourth-order valence-corrected chi connectivity index (χ4v) is 3.78. The number of alkyl halides is 3. The number of hydrogen-bond donors (Lipinski definition) is 2. The molecule has 0 saturated heterocycles. The average molecular weight is 517 g/mol. The molecule has 0 fully saturated rings. The number of rotatable bonds is 9. The quantitative estimate of drug-likeness (QED) is 0.390. The van der Waals surface area contributed by atoms with Gasteiger partial charge in [0.2, 0.25) is 0 Å². The number of carbonyl (C=O) groups excluding carboxylic acids is 1. The molecule has 3 heterocycles. The number of carbonyl (C=O) groups is 1. The highest BCUT2D eigenvalue weighted by atomic mass is 35.5. The lowest BCUT2D eigenvalue weighted by atomic mass is 9.93. The van der Waals surface area contributed by atoms with Gasteiger partial charge < -0.3 is 15.2 Å². The molecule has 1 atom stereocenters. The molecule has 12 heteroatoms. The van der Waals surface area contributed by atoms with Crippen molar-refractivity contribution in [1.82, 2.24) is 19.7 Å². The summed E-state index contributed by atoms with van der Waals surface area (Å²) in [6.45, 7) is 4.18. The van der Waals surface area contributed by atoms with E-state index < -0.39 is 36.0 Å². The Morgan fingerprint density at radius 3 is 2.69 bits per heavy atom. The van der Waals surface area contributed by atoms with E-state index in [9.17, 15) is 27.5 Å². The molecule has 0 aliphatic carbocycles. The van der Waals surface area contributed by atoms with Crippen LogP contribution in [0.4, 0.5) is 17.6 Å². The number of aromatic nitrogens is 3. The number of imidazole rings is 1. The van der Waals surface area contributed by atoms with Gasteiger partial charge >= 0.3 is 6.18 Å². The van der Waals surface area contributed by atoms with Gasteiger partial charge in [0, 0.05) is 24.9 Å². The molecular formula is C23H25ClF4N4O3. The smallest absolute Gasteiger partial charge is 0.389 e. The average Bonchev–Trinajstić information content (AvgIpc) is 3.06. The number of ether oxygens (including phenoxy) is 1. The second-order valence-electron chi connectivity index (χ2n) is 8.67. The topological polar surface area (TPSA) is 88.8 Å². The minimum absolute atomic E-state index is 0.0683. The number of aryl methyl sites for hydroxylation is 1. The Hall–Kier alpha value is -2.92. The van der Waals surface area contributed by atoms with Crippen molar-refractivity contribution in [3.05, 3.63) is 58.5 Å². The Kier molecular flexibility index (Phi) is 7.90. The van der Waals surface area contributed by atoms with Gasteiger partial charge in [-0.15, -0.1) is 0 Å². The van der Waals surface area contributed by atoms with E-state index in [0.29, 0.717) is 5.69 Å². The van der Waals surface area contributed by atoms with Crippen LogP contribution in [0.15, 0.2) is 30.6 Å². The van der Waals surface area contributed by atoms with Crippen molar-refractivity contribution < 1.29 is 32.2 Å². The molecule has 35 heavy (non-hydrogen) atoms. The fourth-order valence-electron chi connectivity index (χ4n) is 3.58. The summed E-state index contributed by atoms with van der Waals surface area (Å²) in [6.07, 6.45) is -2.86. The molecule has 190 valence electrons. The summed E-state index contributed by atoms with van der Waals surface area (Å²) in [5.41, 5.74) is -0.817. The third-order valence-corrected chi connectivity index (χ3v) is 5.56. The molecule has 0 radical (unpaired) electrons. The lowest BCUT2D eigenvalue weighted by Gasteiger charge is -2.30. The van der Waals surface area contributed by atoms with E-state index in [1.54, 1.807) is 6.92 Å². The van der Waals surface area contributed by atoms with Crippen LogP contribution in [0.1, 0.15) is 55.0 Å². The number of hydrogen-bond acceptors (Lipinski definition) is 5. The number of pyridine rings is 2. The van der Waals surface area contributed by atoms with Crippen LogP contribution < -0.4 is 10.1 Å². The van der Waals surface area contributed by atoms with E-state index in [4.69, 9.17) is 16.3 Å². The van der Waals surface area contributed by atoms with E-state index in [1.165, 1.54) is 48.8 Å². The van der Waals surface area contributed by atoms with Gasteiger partial charge in [-0.25, -0.2) is 9.37 Å². The first-order chi connectivity index (χ1) is 16.3. The van der Waals surface area contributed by atoms with Crippen LogP contribution >= 0.6 is 11.6 Å². The molecule has 2 N–H and O–H groups in total. The fraction of sp³-hybridized carbons (Fsp3) is 0.435. The van der Waals surface area contributed by atoms with Crippen LogP contribution in [0.3, 0.4) is 0 Å². The number of fused-ring (bicyclic) bond motifs is 1. The van der Waals surface area contributed by atoms with Gasteiger partial charge in [-0.3, -0.25) is 14.2 Å². The Balaban J connectivity index is 1.87. The van der Waals surface area contributed by atoms with Crippen molar-refractivity contribution in [3.63, 3.8) is 0 Å². The molecule has 0 aliphatic heterocycles. The molecule has 1 amide bonds. The second-order valence-corrected chi connectivity index (χ2v) is 9.11. The third kappa shape index (κ3) is 6.82. The predicted molar refractivity (Wildman–Crippen MR) is 121 cm³/mol. The highest BCUT2D eigenvalue weighted by molar-refractivity contribution is 6.30. The summed E-state index contributed by atoms with van der Waals surface area (Å²) >= 11 is 6.22. The summed E-state index contributed by atoms with van der Waals surface area (Å²) in [6, 6.07) is 3.20. The molecule has 1 unspecified atom stereocenters. The van der Waals surface area contributed by atoms with Crippen LogP contribution in [0.5, 0.6) is 5.75 Å². The molecular weight excluding hydrogens is 492 g/mol. The molecule has 0 aromatic carbocycles. The molecule has 3 aromatic rings. The summed E-state index contributed by atoms with van der Waals surface area (Å²) in [5, 5.41) is 13.2. The molecule has 7 nitrogen and oxygen atoms in total. The summed E-state index contributed by atoms with van der Waals surface area (Å²) in [7, 11) is 0. The van der Waals surface area contributed by atoms with E-state index >= 15 is 0 Å². The van der Waals surface area contributed by atoms with Gasteiger partial charge in [0.1, 0.15) is 23.8 Å². The van der Waals surface area contributed by atoms with Crippen molar-refractivity contribution in [2.24, 2.45) is 0 Å². The molecule has 3 aromatic heterocycles. The van der Waals surface area contributed by atoms with Crippen LogP contribution in [0, 0.1) is 12.7 Å². The van der Waals surface area contributed by atoms with Crippen molar-refractivity contribution in [2.75, 3.05) is 0 Å². The molecule has 0 spiro atoms. The van der Waals surface area contributed by atoms with Crippen molar-refractivity contribution in [1.29, 1.82) is 0 Å². The van der Waals surface area contributed by atoms with Gasteiger partial charge in [-0.2, -0.15) is 13.2 Å². The maximum Gasteiger partial charge on any atom is 0.389 e. The summed E-state index contributed by atoms with van der Waals surface area (Å²) < 4.78 is 58.7. The standard InChI is InChI=1S/C23H25ClF4N4O3/c1-13-19(21(33)31-18(22(2,3)34)7-4-8-23(26,27)28)32-11-14(24)10-17(20(32)30-13)35-12-16-15(25)6-5-9-29-16/h5-6,9-11,18,34H,4,7-8,12H2,1-3H3,(H,31,33). The molecule has 0 aliphatic rings. The Bertz CT molecular complexity index is 1210. The second kappa shape index (κ2) is 10.4. The maximum atomic E-state index is 13.9. The van der Waals surface area contributed by atoms with Crippen LogP contribution in [-0.4, -0.2) is 43.2 Å². The van der Waals surface area contributed by atoms with Crippen molar-refractivity contribution in [2.45, 2.75) is 64.5 Å². The first-order valence-electron chi connectivity index (χ1n) is 10.8. The Morgan fingerprint density at radius 1 is 1.34 bits per heavy atom. The van der Waals surface area contributed by atoms with Gasteiger partial charge in [0.15, 0.2) is 11.4 Å². The first kappa shape index (κ1) is 26.7. The van der Waals surface area contributed by atoms with E-state index in [1.807, 2.05) is 0 Å². The SMILES string of the molecule is Cc1nc2c(OCc3ncccc3F)cc(Cl)cn2c1C(=O)NC(CCCC(F)(F)F)C(C)(C)O. The van der Waals surface area contributed by atoms with Gasteiger partial charge in [-0.05, 0) is 45.7 Å². The lowest BCUT2D eigenvalue weighted by molar-refractivity contribution is -0.136. The predicted octanol–water partition coefficient (Wildman–Crippen LogP) is 5.01. The largest absolute Gasteiger partial charge is 0.483 e. The van der Waals surface area contributed by atoms with Crippen molar-refractivity contribution in [3.8, 4) is 5.75 Å². The van der Waals surface area contributed by atoms with E-state index in [-0.39, 0.29) is 47.3 Å². The lowest BCUT2D eigenvalue weighted by Crippen LogP contribution is -2.49. The number of nitrogens with one attached hydrogen (secondary N) is 1. The molecule has 0 saturated carbocycles. The molecule has 3 rings (SSSR count). The summed E-state index contributed by atoms with van der Waals surface area (Å²) in [4.78, 5) is 21.4. The monoisotopic (exact) mass is 516 g/mol. The number of halogens is 5. The molecule has 0 bridgehead atoms. The zero-order valence-corrected chi connectivity index (χ0v) is 20.0. The van der Waals surface area contributed by atoms with Crippen molar-refractivity contribution >= 4 is 23.2 Å². The minimum Gasteiger partial charge on any atom is -0.483 e. The maximum absolute atomic E-state index is 13.9. The van der Waals surface area contributed by atoms with Gasteiger partial charge in [0.25, 0.3) is 5.91 Å². The Morgan fingerprint density at radius 2 is 2.06 bits per heavy atom. The van der Waals surface area contributed by atoms with Crippen LogP contribution in [0.2, 0.25) is 5.02 Å². The van der Waals surface area contributed by atoms with Crippen LogP contribution in [-0.2, 0) is 6.61 Å². The van der Waals surface area contributed by atoms with Crippen LogP contribution in [0.25, 0.3) is 5.65 Å². The van der Waals surface area contributed by atoms with E-state index in [0.717, 1.165) is 0 Å². The zero-order chi connectivity index (χ0) is 26.0. The number of amides is 1. The number of aliphatic hydroxyl groups is 1. The zero-order valence-electron chi connectivity index (χ0n) is 19.3. The third-order valence-electron chi connectivity index (χ3n) is 5.35. The summed E-state index contributed by atoms with van der Waals surface area (Å²) in [5.74, 6) is -1.03. The highest BCUT2D eigenvalue weighted by Gasteiger charge is 2.33. The Labute approximate surface area is 204 Å². The first-order valence-corrected chi connectivity index (χ1v) is 11.1. The van der Waals surface area contributed by atoms with Gasteiger partial charge in [0.05, 0.1) is 22.4 Å². The highest BCUT2D eigenvalue weighted by Crippen LogP contribution is 2.28. The number of nitrogens with zero attached hydrogens (tertiary/aromatic N) is 3. The van der Waals surface area contributed by atoms with Gasteiger partial charge in [-0.1, -0.05) is 11.6 Å². The minimum atomic E-state index is -4.34. The van der Waals surface area contributed by atoms with E-state index in [2.05, 4.69) is 15.3 Å².